The van der Waals surface area contributed by atoms with Crippen molar-refractivity contribution in [3.8, 4) is 11.5 Å². The van der Waals surface area contributed by atoms with E-state index in [1.165, 1.54) is 0 Å². The number of fused-ring (bicyclic) bond motifs is 1. The van der Waals surface area contributed by atoms with E-state index in [0.29, 0.717) is 37.2 Å². The maximum Gasteiger partial charge on any atom is 0.270 e. The number of aromatic nitrogens is 2. The number of rotatable bonds is 7. The number of aryl methyl sites for hydroxylation is 1. The van der Waals surface area contributed by atoms with Gasteiger partial charge in [-0.2, -0.15) is 0 Å². The molecular formula is C19H24N4O3. The van der Waals surface area contributed by atoms with Crippen LogP contribution < -0.4 is 20.1 Å². The van der Waals surface area contributed by atoms with Gasteiger partial charge < -0.3 is 20.1 Å². The molecule has 1 aromatic carbocycles. The Balaban J connectivity index is 1.70. The smallest absolute Gasteiger partial charge is 0.270 e. The van der Waals surface area contributed by atoms with Crippen LogP contribution in [0.25, 0.3) is 0 Å². The summed E-state index contributed by atoms with van der Waals surface area (Å²) < 4.78 is 11.1. The molecule has 3 rings (SSSR count). The van der Waals surface area contributed by atoms with Crippen molar-refractivity contribution in [1.82, 2.24) is 15.3 Å². The van der Waals surface area contributed by atoms with E-state index in [0.717, 1.165) is 36.4 Å². The second-order valence-electron chi connectivity index (χ2n) is 6.16. The molecule has 2 N–H and O–H groups in total. The second-order valence-corrected chi connectivity index (χ2v) is 6.16. The van der Waals surface area contributed by atoms with Gasteiger partial charge in [0.25, 0.3) is 5.91 Å². The number of amides is 1. The predicted octanol–water partition coefficient (Wildman–Crippen LogP) is 3.22. The Hall–Kier alpha value is -2.83. The number of anilines is 2. The van der Waals surface area contributed by atoms with E-state index in [-0.39, 0.29) is 5.91 Å². The first-order valence-corrected chi connectivity index (χ1v) is 8.96. The second kappa shape index (κ2) is 8.51. The SMILES string of the molecule is CCCCCNC(=O)c1cc(C)nc(Nc2ccc3c(c2)OCCO3)n1. The van der Waals surface area contributed by atoms with Crippen LogP contribution in [-0.4, -0.2) is 35.6 Å². The van der Waals surface area contributed by atoms with Crippen molar-refractivity contribution >= 4 is 17.5 Å². The van der Waals surface area contributed by atoms with E-state index in [1.54, 1.807) is 6.07 Å². The minimum atomic E-state index is -0.183. The Morgan fingerprint density at radius 3 is 2.73 bits per heavy atom. The minimum Gasteiger partial charge on any atom is -0.486 e. The van der Waals surface area contributed by atoms with Gasteiger partial charge in [0, 0.05) is 24.0 Å². The Morgan fingerprint density at radius 1 is 1.12 bits per heavy atom. The van der Waals surface area contributed by atoms with Crippen molar-refractivity contribution in [3.63, 3.8) is 0 Å². The van der Waals surface area contributed by atoms with Gasteiger partial charge in [-0.25, -0.2) is 9.97 Å². The molecule has 0 bridgehead atoms. The summed E-state index contributed by atoms with van der Waals surface area (Å²) in [6.45, 7) is 5.70. The van der Waals surface area contributed by atoms with Gasteiger partial charge >= 0.3 is 0 Å². The summed E-state index contributed by atoms with van der Waals surface area (Å²) in [7, 11) is 0. The van der Waals surface area contributed by atoms with Crippen LogP contribution in [0.2, 0.25) is 0 Å². The zero-order valence-electron chi connectivity index (χ0n) is 15.2. The van der Waals surface area contributed by atoms with Crippen LogP contribution in [0, 0.1) is 6.92 Å². The van der Waals surface area contributed by atoms with Gasteiger partial charge in [-0.1, -0.05) is 19.8 Å². The van der Waals surface area contributed by atoms with Gasteiger partial charge in [0.15, 0.2) is 11.5 Å². The summed E-state index contributed by atoms with van der Waals surface area (Å²) in [6, 6.07) is 7.23. The van der Waals surface area contributed by atoms with Gasteiger partial charge in [-0.15, -0.1) is 0 Å². The van der Waals surface area contributed by atoms with Crippen molar-refractivity contribution in [2.45, 2.75) is 33.1 Å². The zero-order valence-corrected chi connectivity index (χ0v) is 15.2. The molecule has 0 aliphatic carbocycles. The van der Waals surface area contributed by atoms with Crippen molar-refractivity contribution in [3.05, 3.63) is 35.7 Å². The summed E-state index contributed by atoms with van der Waals surface area (Å²) in [6.07, 6.45) is 3.18. The van der Waals surface area contributed by atoms with E-state index < -0.39 is 0 Å². The average molecular weight is 356 g/mol. The lowest BCUT2D eigenvalue weighted by Gasteiger charge is -2.19. The van der Waals surface area contributed by atoms with Crippen molar-refractivity contribution in [2.75, 3.05) is 25.1 Å². The number of hydrogen-bond donors (Lipinski definition) is 2. The van der Waals surface area contributed by atoms with Crippen LogP contribution in [0.4, 0.5) is 11.6 Å². The highest BCUT2D eigenvalue weighted by Gasteiger charge is 2.14. The summed E-state index contributed by atoms with van der Waals surface area (Å²) in [4.78, 5) is 21.0. The number of unbranched alkanes of at least 4 members (excludes halogenated alkanes) is 2. The molecule has 7 nitrogen and oxygen atoms in total. The molecular weight excluding hydrogens is 332 g/mol. The average Bonchev–Trinajstić information content (AvgIpc) is 2.64. The van der Waals surface area contributed by atoms with Crippen LogP contribution in [0.3, 0.4) is 0 Å². The Bertz CT molecular complexity index is 779. The van der Waals surface area contributed by atoms with Crippen LogP contribution >= 0.6 is 0 Å². The largest absolute Gasteiger partial charge is 0.486 e. The molecule has 0 atom stereocenters. The monoisotopic (exact) mass is 356 g/mol. The highest BCUT2D eigenvalue weighted by atomic mass is 16.6. The van der Waals surface area contributed by atoms with Gasteiger partial charge in [0.2, 0.25) is 5.95 Å². The summed E-state index contributed by atoms with van der Waals surface area (Å²) in [5, 5.41) is 6.03. The molecule has 1 aromatic heterocycles. The summed E-state index contributed by atoms with van der Waals surface area (Å²) in [5.74, 6) is 1.60. The number of carbonyl (C=O) groups excluding carboxylic acids is 1. The molecule has 0 radical (unpaired) electrons. The third-order valence-electron chi connectivity index (χ3n) is 3.95. The van der Waals surface area contributed by atoms with Crippen LogP contribution in [-0.2, 0) is 0 Å². The van der Waals surface area contributed by atoms with Gasteiger partial charge in [-0.3, -0.25) is 4.79 Å². The Morgan fingerprint density at radius 2 is 1.92 bits per heavy atom. The van der Waals surface area contributed by atoms with E-state index in [2.05, 4.69) is 27.5 Å². The highest BCUT2D eigenvalue weighted by molar-refractivity contribution is 5.92. The molecule has 0 saturated carbocycles. The zero-order chi connectivity index (χ0) is 18.4. The topological polar surface area (TPSA) is 85.4 Å². The number of ether oxygens (including phenoxy) is 2. The van der Waals surface area contributed by atoms with Crippen LogP contribution in [0.1, 0.15) is 42.4 Å². The van der Waals surface area contributed by atoms with Gasteiger partial charge in [-0.05, 0) is 31.5 Å². The van der Waals surface area contributed by atoms with Crippen molar-refractivity contribution in [1.29, 1.82) is 0 Å². The normalized spacial score (nSPS) is 12.5. The van der Waals surface area contributed by atoms with Crippen LogP contribution in [0.5, 0.6) is 11.5 Å². The Labute approximate surface area is 153 Å². The molecule has 2 heterocycles. The lowest BCUT2D eigenvalue weighted by Crippen LogP contribution is -2.26. The molecule has 0 saturated heterocycles. The van der Waals surface area contributed by atoms with E-state index in [1.807, 2.05) is 25.1 Å². The molecule has 0 spiro atoms. The first-order chi connectivity index (χ1) is 12.7. The molecule has 138 valence electrons. The molecule has 1 aliphatic rings. The fraction of sp³-hybridized carbons (Fsp3) is 0.421. The molecule has 1 aliphatic heterocycles. The van der Waals surface area contributed by atoms with Crippen molar-refractivity contribution < 1.29 is 14.3 Å². The maximum absolute atomic E-state index is 12.3. The van der Waals surface area contributed by atoms with E-state index in [4.69, 9.17) is 9.47 Å². The molecule has 7 heteroatoms. The summed E-state index contributed by atoms with van der Waals surface area (Å²) in [5.41, 5.74) is 1.85. The number of nitrogens with one attached hydrogen (secondary N) is 2. The van der Waals surface area contributed by atoms with Gasteiger partial charge in [0.05, 0.1) is 0 Å². The third-order valence-corrected chi connectivity index (χ3v) is 3.95. The number of benzene rings is 1. The maximum atomic E-state index is 12.3. The first kappa shape index (κ1) is 18.0. The number of hydrogen-bond acceptors (Lipinski definition) is 6. The number of nitrogens with zero attached hydrogens (tertiary/aromatic N) is 2. The van der Waals surface area contributed by atoms with E-state index in [9.17, 15) is 4.79 Å². The Kier molecular flexibility index (Phi) is 5.88. The molecule has 0 unspecified atom stereocenters. The fourth-order valence-electron chi connectivity index (χ4n) is 2.66. The van der Waals surface area contributed by atoms with Gasteiger partial charge in [0.1, 0.15) is 18.9 Å². The lowest BCUT2D eigenvalue weighted by molar-refractivity contribution is 0.0948. The minimum absolute atomic E-state index is 0.183. The highest BCUT2D eigenvalue weighted by Crippen LogP contribution is 2.33. The molecule has 2 aromatic rings. The fourth-order valence-corrected chi connectivity index (χ4v) is 2.66. The summed E-state index contributed by atoms with van der Waals surface area (Å²) >= 11 is 0. The molecule has 1 amide bonds. The quantitative estimate of drug-likeness (QED) is 0.741. The molecule has 0 fully saturated rings. The van der Waals surface area contributed by atoms with E-state index >= 15 is 0 Å². The predicted molar refractivity (Wildman–Crippen MR) is 99.3 cm³/mol. The van der Waals surface area contributed by atoms with Crippen LogP contribution in [0.15, 0.2) is 24.3 Å². The third kappa shape index (κ3) is 4.62. The first-order valence-electron chi connectivity index (χ1n) is 8.96. The van der Waals surface area contributed by atoms with Crippen molar-refractivity contribution in [2.24, 2.45) is 0 Å². The molecule has 26 heavy (non-hydrogen) atoms. The number of carbonyl (C=O) groups is 1. The lowest BCUT2D eigenvalue weighted by atomic mass is 10.2. The standard InChI is InChI=1S/C19H24N4O3/c1-3-4-5-8-20-18(24)15-11-13(2)21-19(23-15)22-14-6-7-16-17(12-14)26-10-9-25-16/h6-7,11-12H,3-5,8-10H2,1-2H3,(H,20,24)(H,21,22,23).